The van der Waals surface area contributed by atoms with E-state index < -0.39 is 5.82 Å². The molecule has 0 atom stereocenters. The fourth-order valence-electron chi connectivity index (χ4n) is 1.16. The van der Waals surface area contributed by atoms with Gasteiger partial charge < -0.3 is 16.3 Å². The summed E-state index contributed by atoms with van der Waals surface area (Å²) < 4.78 is 13.6. The summed E-state index contributed by atoms with van der Waals surface area (Å²) in [6.45, 7) is 0.401. The molecule has 76 valence electrons. The topological polar surface area (TPSA) is 70.6 Å². The third-order valence-electron chi connectivity index (χ3n) is 1.83. The summed E-state index contributed by atoms with van der Waals surface area (Å²) in [6.07, 6.45) is 0. The number of amidine groups is 1. The predicted molar refractivity (Wildman–Crippen MR) is 51.7 cm³/mol. The van der Waals surface area contributed by atoms with Gasteiger partial charge in [0.1, 0.15) is 5.82 Å². The first-order valence-electron chi connectivity index (χ1n) is 4.10. The van der Waals surface area contributed by atoms with Crippen LogP contribution in [0.2, 0.25) is 0 Å². The number of nitrogens with one attached hydrogen (secondary N) is 1. The maximum Gasteiger partial charge on any atom is 0.173 e. The molecule has 1 rings (SSSR count). The molecule has 0 amide bonds. The lowest BCUT2D eigenvalue weighted by Crippen LogP contribution is -2.17. The van der Waals surface area contributed by atoms with Gasteiger partial charge in [0.05, 0.1) is 5.56 Å². The van der Waals surface area contributed by atoms with Crippen molar-refractivity contribution >= 4 is 5.84 Å². The second-order valence-electron chi connectivity index (χ2n) is 2.79. The highest BCUT2D eigenvalue weighted by atomic mass is 19.1. The van der Waals surface area contributed by atoms with Gasteiger partial charge in [-0.05, 0) is 13.1 Å². The van der Waals surface area contributed by atoms with Crippen LogP contribution < -0.4 is 11.1 Å². The minimum atomic E-state index is -0.461. The number of nitrogens with zero attached hydrogens (tertiary/aromatic N) is 1. The quantitative estimate of drug-likeness (QED) is 0.288. The summed E-state index contributed by atoms with van der Waals surface area (Å²) in [5, 5.41) is 14.0. The molecule has 14 heavy (non-hydrogen) atoms. The minimum Gasteiger partial charge on any atom is -0.409 e. The molecule has 0 aromatic heterocycles. The Kier molecular flexibility index (Phi) is 3.41. The third kappa shape index (κ3) is 2.00. The van der Waals surface area contributed by atoms with E-state index in [9.17, 15) is 4.39 Å². The van der Waals surface area contributed by atoms with Crippen LogP contribution in [0.5, 0.6) is 0 Å². The number of nitrogens with two attached hydrogens (primary N) is 1. The van der Waals surface area contributed by atoms with Crippen molar-refractivity contribution in [2.24, 2.45) is 10.9 Å². The molecule has 0 saturated heterocycles. The Labute approximate surface area is 81.2 Å². The van der Waals surface area contributed by atoms with Crippen molar-refractivity contribution in [2.45, 2.75) is 6.54 Å². The standard InChI is InChI=1S/C9H12FN3O/c1-12-5-6-3-2-4-7(8(6)10)9(11)13-14/h2-4,12,14H,5H2,1H3,(H2,11,13). The molecule has 0 heterocycles. The summed E-state index contributed by atoms with van der Waals surface area (Å²) in [6, 6.07) is 4.76. The van der Waals surface area contributed by atoms with Crippen molar-refractivity contribution in [3.8, 4) is 0 Å². The van der Waals surface area contributed by atoms with Crippen LogP contribution in [0.3, 0.4) is 0 Å². The van der Waals surface area contributed by atoms with Gasteiger partial charge in [-0.2, -0.15) is 0 Å². The van der Waals surface area contributed by atoms with Gasteiger partial charge in [-0.15, -0.1) is 0 Å². The van der Waals surface area contributed by atoms with Crippen molar-refractivity contribution in [1.29, 1.82) is 0 Å². The van der Waals surface area contributed by atoms with Crippen LogP contribution in [0, 0.1) is 5.82 Å². The maximum atomic E-state index is 13.6. The molecule has 1 aromatic rings. The molecule has 0 aliphatic heterocycles. The summed E-state index contributed by atoms with van der Waals surface area (Å²) in [4.78, 5) is 0. The molecule has 5 heteroatoms. The van der Waals surface area contributed by atoms with E-state index in [1.807, 2.05) is 0 Å². The molecule has 0 spiro atoms. The van der Waals surface area contributed by atoms with E-state index in [0.29, 0.717) is 12.1 Å². The van der Waals surface area contributed by atoms with Gasteiger partial charge in [-0.1, -0.05) is 17.3 Å². The second-order valence-corrected chi connectivity index (χ2v) is 2.79. The van der Waals surface area contributed by atoms with E-state index in [0.717, 1.165) is 0 Å². The van der Waals surface area contributed by atoms with Crippen LogP contribution >= 0.6 is 0 Å². The number of benzene rings is 1. The molecule has 4 N–H and O–H groups in total. The molecule has 0 fully saturated rings. The van der Waals surface area contributed by atoms with Crippen LogP contribution in [0.15, 0.2) is 23.4 Å². The fraction of sp³-hybridized carbons (Fsp3) is 0.222. The van der Waals surface area contributed by atoms with Crippen LogP contribution in [0.1, 0.15) is 11.1 Å². The fourth-order valence-corrected chi connectivity index (χ4v) is 1.16. The third-order valence-corrected chi connectivity index (χ3v) is 1.83. The number of hydrogen-bond donors (Lipinski definition) is 3. The molecule has 0 radical (unpaired) electrons. The summed E-state index contributed by atoms with van der Waals surface area (Å²) in [5.41, 5.74) is 5.89. The lowest BCUT2D eigenvalue weighted by atomic mass is 10.1. The van der Waals surface area contributed by atoms with Crippen molar-refractivity contribution < 1.29 is 9.60 Å². The highest BCUT2D eigenvalue weighted by Gasteiger charge is 2.10. The molecular weight excluding hydrogens is 185 g/mol. The zero-order chi connectivity index (χ0) is 10.6. The Morgan fingerprint density at radius 1 is 1.64 bits per heavy atom. The number of rotatable bonds is 3. The zero-order valence-corrected chi connectivity index (χ0v) is 7.79. The Hall–Kier alpha value is -1.62. The van der Waals surface area contributed by atoms with Crippen LogP contribution in [0.25, 0.3) is 0 Å². The summed E-state index contributed by atoms with van der Waals surface area (Å²) in [7, 11) is 1.72. The van der Waals surface area contributed by atoms with Gasteiger partial charge >= 0.3 is 0 Å². The van der Waals surface area contributed by atoms with Gasteiger partial charge in [0, 0.05) is 12.1 Å². The van der Waals surface area contributed by atoms with Crippen molar-refractivity contribution in [3.05, 3.63) is 35.1 Å². The minimum absolute atomic E-state index is 0.111. The van der Waals surface area contributed by atoms with E-state index in [1.165, 1.54) is 6.07 Å². The first-order valence-corrected chi connectivity index (χ1v) is 4.10. The second kappa shape index (κ2) is 4.57. The Balaban J connectivity index is 3.13. The number of halogens is 1. The van der Waals surface area contributed by atoms with Gasteiger partial charge in [0.25, 0.3) is 0 Å². The van der Waals surface area contributed by atoms with Gasteiger partial charge in [0.15, 0.2) is 5.84 Å². The van der Waals surface area contributed by atoms with E-state index in [4.69, 9.17) is 10.9 Å². The van der Waals surface area contributed by atoms with Gasteiger partial charge in [-0.3, -0.25) is 0 Å². The average Bonchev–Trinajstić information content (AvgIpc) is 2.20. The zero-order valence-electron chi connectivity index (χ0n) is 7.79. The highest BCUT2D eigenvalue weighted by Crippen LogP contribution is 2.12. The van der Waals surface area contributed by atoms with Crippen molar-refractivity contribution in [1.82, 2.24) is 5.32 Å². The molecule has 4 nitrogen and oxygen atoms in total. The van der Waals surface area contributed by atoms with E-state index in [2.05, 4.69) is 10.5 Å². The molecule has 1 aromatic carbocycles. The van der Waals surface area contributed by atoms with E-state index in [1.54, 1.807) is 19.2 Å². The molecular formula is C9H12FN3O. The lowest BCUT2D eigenvalue weighted by Gasteiger charge is -2.06. The van der Waals surface area contributed by atoms with Crippen molar-refractivity contribution in [2.75, 3.05) is 7.05 Å². The largest absolute Gasteiger partial charge is 0.409 e. The lowest BCUT2D eigenvalue weighted by molar-refractivity contribution is 0.318. The van der Waals surface area contributed by atoms with Crippen molar-refractivity contribution in [3.63, 3.8) is 0 Å². The first-order chi connectivity index (χ1) is 6.70. The predicted octanol–water partition coefficient (Wildman–Crippen LogP) is 0.640. The SMILES string of the molecule is CNCc1cccc(/C(N)=N/O)c1F. The summed E-state index contributed by atoms with van der Waals surface area (Å²) in [5.74, 6) is -0.683. The molecule has 0 aliphatic rings. The Bertz CT molecular complexity index is 352. The smallest absolute Gasteiger partial charge is 0.173 e. The van der Waals surface area contributed by atoms with E-state index >= 15 is 0 Å². The Morgan fingerprint density at radius 3 is 2.93 bits per heavy atom. The molecule has 0 unspecified atom stereocenters. The maximum absolute atomic E-state index is 13.6. The number of hydrogen-bond acceptors (Lipinski definition) is 3. The van der Waals surface area contributed by atoms with Crippen LogP contribution in [-0.2, 0) is 6.54 Å². The van der Waals surface area contributed by atoms with Crippen LogP contribution in [-0.4, -0.2) is 18.1 Å². The number of oxime groups is 1. The average molecular weight is 197 g/mol. The first kappa shape index (κ1) is 10.5. The van der Waals surface area contributed by atoms with E-state index in [-0.39, 0.29) is 11.4 Å². The molecule has 0 bridgehead atoms. The highest BCUT2D eigenvalue weighted by molar-refractivity contribution is 5.97. The van der Waals surface area contributed by atoms with Gasteiger partial charge in [0.2, 0.25) is 0 Å². The van der Waals surface area contributed by atoms with Crippen LogP contribution in [0.4, 0.5) is 4.39 Å². The Morgan fingerprint density at radius 2 is 2.36 bits per heavy atom. The normalized spacial score (nSPS) is 11.7. The molecule has 0 aliphatic carbocycles. The monoisotopic (exact) mass is 197 g/mol. The summed E-state index contributed by atoms with van der Waals surface area (Å²) >= 11 is 0. The molecule has 0 saturated carbocycles. The van der Waals surface area contributed by atoms with Gasteiger partial charge in [-0.25, -0.2) is 4.39 Å².